The van der Waals surface area contributed by atoms with Crippen LogP contribution in [0, 0.1) is 0 Å². The van der Waals surface area contributed by atoms with Gasteiger partial charge in [0, 0.05) is 19.2 Å². The van der Waals surface area contributed by atoms with Gasteiger partial charge in [-0.2, -0.15) is 0 Å². The summed E-state index contributed by atoms with van der Waals surface area (Å²) < 4.78 is 1.57. The Kier molecular flexibility index (Phi) is 3.89. The highest BCUT2D eigenvalue weighted by Crippen LogP contribution is 2.22. The molecule has 0 atom stereocenters. The van der Waals surface area contributed by atoms with Gasteiger partial charge in [0.1, 0.15) is 10.6 Å². The van der Waals surface area contributed by atoms with Gasteiger partial charge in [-0.15, -0.1) is 11.3 Å². The number of hydrogen-bond acceptors (Lipinski definition) is 4. The fourth-order valence-corrected chi connectivity index (χ4v) is 2.55. The lowest BCUT2D eigenvalue weighted by Gasteiger charge is -1.99. The molecular weight excluding hydrogens is 276 g/mol. The van der Waals surface area contributed by atoms with Crippen LogP contribution in [-0.2, 0) is 7.05 Å². The topological polar surface area (TPSA) is 90.0 Å². The number of anilines is 1. The zero-order valence-corrected chi connectivity index (χ0v) is 12.3. The Morgan fingerprint density at radius 2 is 2.15 bits per heavy atom. The molecule has 2 amide bonds. The van der Waals surface area contributed by atoms with E-state index in [4.69, 9.17) is 5.73 Å². The predicted octanol–water partition coefficient (Wildman–Crippen LogP) is 1.96. The number of nitrogens with one attached hydrogen (secondary N) is 1. The fraction of sp³-hybridized carbons (Fsp3) is 0.308. The molecule has 3 N–H and O–H groups in total. The summed E-state index contributed by atoms with van der Waals surface area (Å²) in [7, 11) is 1.69. The van der Waals surface area contributed by atoms with Crippen LogP contribution in [0.2, 0.25) is 0 Å². The van der Waals surface area contributed by atoms with E-state index in [1.54, 1.807) is 30.1 Å². The number of aryl methyl sites for hydroxylation is 1. The zero-order valence-electron chi connectivity index (χ0n) is 11.5. The maximum absolute atomic E-state index is 12.1. The number of hydrogen-bond donors (Lipinski definition) is 2. The molecule has 0 saturated heterocycles. The van der Waals surface area contributed by atoms with E-state index in [2.05, 4.69) is 10.3 Å². The third-order valence-corrected chi connectivity index (χ3v) is 4.05. The van der Waals surface area contributed by atoms with E-state index >= 15 is 0 Å². The molecule has 0 aromatic carbocycles. The molecular formula is C13H16N4O2S. The van der Waals surface area contributed by atoms with Crippen molar-refractivity contribution in [3.63, 3.8) is 0 Å². The minimum atomic E-state index is -0.534. The summed E-state index contributed by atoms with van der Waals surface area (Å²) in [6.45, 7) is 4.05. The number of primary amides is 1. The Bertz CT molecular complexity index is 657. The molecule has 2 aromatic heterocycles. The summed E-state index contributed by atoms with van der Waals surface area (Å²) in [5, 5.41) is 3.65. The van der Waals surface area contributed by atoms with Crippen molar-refractivity contribution in [2.45, 2.75) is 19.8 Å². The van der Waals surface area contributed by atoms with Gasteiger partial charge in [-0.3, -0.25) is 9.59 Å². The maximum Gasteiger partial charge on any atom is 0.267 e. The molecule has 0 saturated carbocycles. The molecule has 7 heteroatoms. The third-order valence-electron chi connectivity index (χ3n) is 2.76. The number of carbonyl (C=O) groups is 2. The van der Waals surface area contributed by atoms with Crippen molar-refractivity contribution < 1.29 is 9.59 Å². The first-order chi connectivity index (χ1) is 9.38. The highest BCUT2D eigenvalue weighted by atomic mass is 32.1. The summed E-state index contributed by atoms with van der Waals surface area (Å²) in [6.07, 6.45) is 3.20. The molecule has 0 spiro atoms. The van der Waals surface area contributed by atoms with Gasteiger partial charge in [-0.1, -0.05) is 13.8 Å². The third kappa shape index (κ3) is 2.88. The first kappa shape index (κ1) is 14.3. The van der Waals surface area contributed by atoms with Crippen LogP contribution in [0.4, 0.5) is 5.69 Å². The van der Waals surface area contributed by atoms with Crippen LogP contribution in [0.15, 0.2) is 18.5 Å². The van der Waals surface area contributed by atoms with Crippen molar-refractivity contribution in [1.82, 2.24) is 9.55 Å². The number of carbonyl (C=O) groups excluding carboxylic acids is 2. The highest BCUT2D eigenvalue weighted by molar-refractivity contribution is 7.13. The van der Waals surface area contributed by atoms with Gasteiger partial charge >= 0.3 is 0 Å². The van der Waals surface area contributed by atoms with Gasteiger partial charge in [0.2, 0.25) is 0 Å². The molecule has 6 nitrogen and oxygen atoms in total. The van der Waals surface area contributed by atoms with Crippen molar-refractivity contribution >= 4 is 28.8 Å². The second-order valence-electron chi connectivity index (χ2n) is 4.76. The molecule has 0 radical (unpaired) electrons. The number of thiazole rings is 1. The van der Waals surface area contributed by atoms with E-state index in [-0.39, 0.29) is 5.91 Å². The van der Waals surface area contributed by atoms with Crippen molar-refractivity contribution in [1.29, 1.82) is 0 Å². The van der Waals surface area contributed by atoms with E-state index in [0.717, 1.165) is 5.01 Å². The second-order valence-corrected chi connectivity index (χ2v) is 5.82. The summed E-state index contributed by atoms with van der Waals surface area (Å²) in [5.74, 6) is -0.483. The SMILES string of the molecule is CC(C)c1ncc(C(=O)Nc2cc(C(N)=O)n(C)c2)s1. The molecule has 20 heavy (non-hydrogen) atoms. The van der Waals surface area contributed by atoms with Crippen molar-refractivity contribution in [2.75, 3.05) is 5.32 Å². The van der Waals surface area contributed by atoms with Gasteiger partial charge in [0.25, 0.3) is 11.8 Å². The number of amides is 2. The monoisotopic (exact) mass is 292 g/mol. The molecule has 0 unspecified atom stereocenters. The molecule has 2 heterocycles. The summed E-state index contributed by atoms with van der Waals surface area (Å²) in [5.41, 5.74) is 6.10. The lowest BCUT2D eigenvalue weighted by molar-refractivity contribution is 0.0990. The summed E-state index contributed by atoms with van der Waals surface area (Å²) in [4.78, 5) is 28.0. The van der Waals surface area contributed by atoms with Crippen LogP contribution in [-0.4, -0.2) is 21.4 Å². The van der Waals surface area contributed by atoms with Crippen LogP contribution >= 0.6 is 11.3 Å². The first-order valence-corrected chi connectivity index (χ1v) is 6.93. The van der Waals surface area contributed by atoms with Gasteiger partial charge in [-0.25, -0.2) is 4.98 Å². The first-order valence-electron chi connectivity index (χ1n) is 6.11. The number of nitrogens with two attached hydrogens (primary N) is 1. The van der Waals surface area contributed by atoms with E-state index in [1.807, 2.05) is 13.8 Å². The molecule has 2 aromatic rings. The normalized spacial score (nSPS) is 10.8. The lowest BCUT2D eigenvalue weighted by Crippen LogP contribution is -2.14. The van der Waals surface area contributed by atoms with Crippen LogP contribution in [0.3, 0.4) is 0 Å². The van der Waals surface area contributed by atoms with Crippen molar-refractivity contribution in [3.05, 3.63) is 34.0 Å². The predicted molar refractivity (Wildman–Crippen MR) is 78.1 cm³/mol. The second kappa shape index (κ2) is 5.46. The van der Waals surface area contributed by atoms with E-state index < -0.39 is 5.91 Å². The molecule has 0 aliphatic rings. The number of nitrogens with zero attached hydrogens (tertiary/aromatic N) is 2. The Labute approximate surface area is 120 Å². The summed E-state index contributed by atoms with van der Waals surface area (Å²) in [6, 6.07) is 1.55. The Hall–Kier alpha value is -2.15. The van der Waals surface area contributed by atoms with Gasteiger partial charge in [0.05, 0.1) is 16.9 Å². The maximum atomic E-state index is 12.1. The molecule has 0 bridgehead atoms. The fourth-order valence-electron chi connectivity index (χ4n) is 1.73. The smallest absolute Gasteiger partial charge is 0.267 e. The van der Waals surface area contributed by atoms with Crippen molar-refractivity contribution in [2.24, 2.45) is 12.8 Å². The van der Waals surface area contributed by atoms with Gasteiger partial charge in [-0.05, 0) is 6.07 Å². The zero-order chi connectivity index (χ0) is 14.9. The van der Waals surface area contributed by atoms with Gasteiger partial charge < -0.3 is 15.6 Å². The van der Waals surface area contributed by atoms with E-state index in [9.17, 15) is 9.59 Å². The van der Waals surface area contributed by atoms with E-state index in [0.29, 0.717) is 22.2 Å². The average molecular weight is 292 g/mol. The number of aromatic nitrogens is 2. The molecule has 0 aliphatic carbocycles. The largest absolute Gasteiger partial charge is 0.364 e. The lowest BCUT2D eigenvalue weighted by atomic mass is 10.2. The molecule has 2 rings (SSSR count). The van der Waals surface area contributed by atoms with Crippen LogP contribution in [0.25, 0.3) is 0 Å². The van der Waals surface area contributed by atoms with Crippen molar-refractivity contribution in [3.8, 4) is 0 Å². The molecule has 106 valence electrons. The highest BCUT2D eigenvalue weighted by Gasteiger charge is 2.15. The van der Waals surface area contributed by atoms with Crippen LogP contribution in [0.5, 0.6) is 0 Å². The minimum absolute atomic E-state index is 0.240. The van der Waals surface area contributed by atoms with Gasteiger partial charge in [0.15, 0.2) is 0 Å². The van der Waals surface area contributed by atoms with Crippen LogP contribution in [0.1, 0.15) is 44.9 Å². The standard InChI is InChI=1S/C13H16N4O2S/c1-7(2)13-15-5-10(20-13)12(19)16-8-4-9(11(14)18)17(3)6-8/h4-7H,1-3H3,(H2,14,18)(H,16,19). The Balaban J connectivity index is 2.14. The Morgan fingerprint density at radius 1 is 1.45 bits per heavy atom. The number of rotatable bonds is 4. The average Bonchev–Trinajstić information content (AvgIpc) is 2.95. The summed E-state index contributed by atoms with van der Waals surface area (Å²) >= 11 is 1.36. The van der Waals surface area contributed by atoms with E-state index in [1.165, 1.54) is 11.3 Å². The minimum Gasteiger partial charge on any atom is -0.364 e. The Morgan fingerprint density at radius 3 is 2.65 bits per heavy atom. The van der Waals surface area contributed by atoms with Crippen LogP contribution < -0.4 is 11.1 Å². The molecule has 0 fully saturated rings. The molecule has 0 aliphatic heterocycles. The quantitative estimate of drug-likeness (QED) is 0.902.